The number of ether oxygens (including phenoxy) is 2. The summed E-state index contributed by atoms with van der Waals surface area (Å²) in [6.07, 6.45) is 0. The number of hydrogen-bond donors (Lipinski definition) is 1. The van der Waals surface area contributed by atoms with Gasteiger partial charge in [-0.1, -0.05) is 6.92 Å². The minimum absolute atomic E-state index is 0.258. The molecule has 0 fully saturated rings. The number of aliphatic hydroxyl groups is 1. The van der Waals surface area contributed by atoms with Crippen molar-refractivity contribution in [3.8, 4) is 11.5 Å². The predicted molar refractivity (Wildman–Crippen MR) is 55.2 cm³/mol. The van der Waals surface area contributed by atoms with Crippen molar-refractivity contribution in [2.75, 3.05) is 6.61 Å². The van der Waals surface area contributed by atoms with Gasteiger partial charge in [-0.25, -0.2) is 0 Å². The van der Waals surface area contributed by atoms with Gasteiger partial charge in [0.25, 0.3) is 0 Å². The number of benzene rings is 1. The summed E-state index contributed by atoms with van der Waals surface area (Å²) in [4.78, 5) is 0. The Kier molecular flexibility index (Phi) is 5.21. The summed E-state index contributed by atoms with van der Waals surface area (Å²) in [6, 6.07) is 3.42. The van der Waals surface area contributed by atoms with Gasteiger partial charge < -0.3 is 14.6 Å². The molecule has 1 atom stereocenters. The Labute approximate surface area is 101 Å². The molecular weight excluding hydrogens is 256 g/mol. The van der Waals surface area contributed by atoms with Crippen LogP contribution in [0.25, 0.3) is 0 Å². The maximum atomic E-state index is 12.1. The number of halogens is 4. The van der Waals surface area contributed by atoms with E-state index in [4.69, 9.17) is 5.11 Å². The third kappa shape index (κ3) is 4.40. The molecule has 1 aromatic rings. The molecule has 3 nitrogen and oxygen atoms in total. The number of rotatable bonds is 6. The molecule has 1 unspecified atom stereocenters. The molecule has 0 aliphatic heterocycles. The van der Waals surface area contributed by atoms with Gasteiger partial charge >= 0.3 is 13.2 Å². The first-order chi connectivity index (χ1) is 8.42. The van der Waals surface area contributed by atoms with Crippen LogP contribution in [0.15, 0.2) is 18.2 Å². The Balaban J connectivity index is 3.03. The molecule has 7 heteroatoms. The van der Waals surface area contributed by atoms with E-state index in [9.17, 15) is 17.6 Å². The Morgan fingerprint density at radius 1 is 1.00 bits per heavy atom. The Bertz CT molecular complexity index is 356. The highest BCUT2D eigenvalue weighted by molar-refractivity contribution is 5.40. The Morgan fingerprint density at radius 3 is 1.78 bits per heavy atom. The van der Waals surface area contributed by atoms with Crippen molar-refractivity contribution in [1.29, 1.82) is 0 Å². The average molecular weight is 268 g/mol. The monoisotopic (exact) mass is 268 g/mol. The van der Waals surface area contributed by atoms with Crippen LogP contribution < -0.4 is 9.47 Å². The lowest BCUT2D eigenvalue weighted by molar-refractivity contribution is -0.0543. The fraction of sp³-hybridized carbons (Fsp3) is 0.455. The van der Waals surface area contributed by atoms with E-state index in [2.05, 4.69) is 9.47 Å². The molecule has 0 amide bonds. The van der Waals surface area contributed by atoms with E-state index < -0.39 is 19.1 Å². The van der Waals surface area contributed by atoms with Crippen LogP contribution in [-0.2, 0) is 0 Å². The van der Waals surface area contributed by atoms with Gasteiger partial charge in [0.2, 0.25) is 0 Å². The molecule has 1 rings (SSSR count). The highest BCUT2D eigenvalue weighted by atomic mass is 19.3. The maximum Gasteiger partial charge on any atom is 0.387 e. The van der Waals surface area contributed by atoms with E-state index in [1.54, 1.807) is 6.92 Å². The first-order valence-corrected chi connectivity index (χ1v) is 5.08. The van der Waals surface area contributed by atoms with Gasteiger partial charge in [0.15, 0.2) is 0 Å². The van der Waals surface area contributed by atoms with Gasteiger partial charge in [-0.15, -0.1) is 0 Å². The Hall–Kier alpha value is -1.50. The van der Waals surface area contributed by atoms with Gasteiger partial charge in [-0.05, 0) is 17.7 Å². The summed E-state index contributed by atoms with van der Waals surface area (Å²) >= 11 is 0. The fourth-order valence-corrected chi connectivity index (χ4v) is 1.33. The molecule has 0 saturated carbocycles. The van der Waals surface area contributed by atoms with E-state index >= 15 is 0 Å². The van der Waals surface area contributed by atoms with E-state index in [-0.39, 0.29) is 18.1 Å². The molecule has 1 N–H and O–H groups in total. The van der Waals surface area contributed by atoms with Gasteiger partial charge in [-0.2, -0.15) is 17.6 Å². The second kappa shape index (κ2) is 6.44. The van der Waals surface area contributed by atoms with E-state index in [0.717, 1.165) is 6.07 Å². The van der Waals surface area contributed by atoms with Crippen molar-refractivity contribution >= 4 is 0 Å². The van der Waals surface area contributed by atoms with Gasteiger partial charge in [0.05, 0.1) is 0 Å². The number of aliphatic hydroxyl groups excluding tert-OH is 1. The molecule has 0 bridgehead atoms. The van der Waals surface area contributed by atoms with Crippen molar-refractivity contribution in [2.24, 2.45) is 0 Å². The molecule has 0 heterocycles. The van der Waals surface area contributed by atoms with Crippen LogP contribution in [0, 0.1) is 0 Å². The average Bonchev–Trinajstić information content (AvgIpc) is 2.25. The van der Waals surface area contributed by atoms with Crippen LogP contribution in [0.1, 0.15) is 18.4 Å². The zero-order chi connectivity index (χ0) is 13.7. The second-order valence-electron chi connectivity index (χ2n) is 3.58. The largest absolute Gasteiger partial charge is 0.435 e. The second-order valence-corrected chi connectivity index (χ2v) is 3.58. The molecule has 0 saturated heterocycles. The fourth-order valence-electron chi connectivity index (χ4n) is 1.33. The van der Waals surface area contributed by atoms with Crippen molar-refractivity contribution in [3.63, 3.8) is 0 Å². The first-order valence-electron chi connectivity index (χ1n) is 5.08. The number of alkyl halides is 4. The predicted octanol–water partition coefficient (Wildman–Crippen LogP) is 2.99. The standard InChI is InChI=1S/C11H12F4O3/c1-6(5-16)7-2-8(17-10(12)13)4-9(3-7)18-11(14)15/h2-4,6,10-11,16H,5H2,1H3. The first kappa shape index (κ1) is 14.6. The molecule has 1 aromatic carbocycles. The van der Waals surface area contributed by atoms with E-state index in [0.29, 0.717) is 5.56 Å². The lowest BCUT2D eigenvalue weighted by Crippen LogP contribution is -2.07. The van der Waals surface area contributed by atoms with Crippen molar-refractivity contribution in [3.05, 3.63) is 23.8 Å². The topological polar surface area (TPSA) is 38.7 Å². The lowest BCUT2D eigenvalue weighted by Gasteiger charge is -2.14. The highest BCUT2D eigenvalue weighted by Crippen LogP contribution is 2.29. The zero-order valence-electron chi connectivity index (χ0n) is 9.45. The maximum absolute atomic E-state index is 12.1. The highest BCUT2D eigenvalue weighted by Gasteiger charge is 2.13. The molecule has 0 aliphatic carbocycles. The third-order valence-corrected chi connectivity index (χ3v) is 2.20. The van der Waals surface area contributed by atoms with Crippen LogP contribution in [-0.4, -0.2) is 24.9 Å². The van der Waals surface area contributed by atoms with Crippen molar-refractivity contribution < 1.29 is 32.1 Å². The molecule has 18 heavy (non-hydrogen) atoms. The molecule has 102 valence electrons. The van der Waals surface area contributed by atoms with Gasteiger partial charge in [0, 0.05) is 18.6 Å². The summed E-state index contributed by atoms with van der Waals surface area (Å²) < 4.78 is 56.5. The molecule has 0 spiro atoms. The van der Waals surface area contributed by atoms with Crippen LogP contribution in [0.5, 0.6) is 11.5 Å². The normalized spacial score (nSPS) is 12.9. The third-order valence-electron chi connectivity index (χ3n) is 2.20. The minimum Gasteiger partial charge on any atom is -0.435 e. The minimum atomic E-state index is -3.07. The van der Waals surface area contributed by atoms with E-state index in [1.807, 2.05) is 0 Å². The smallest absolute Gasteiger partial charge is 0.387 e. The number of hydrogen-bond acceptors (Lipinski definition) is 3. The van der Waals surface area contributed by atoms with E-state index in [1.165, 1.54) is 12.1 Å². The van der Waals surface area contributed by atoms with Crippen LogP contribution in [0.2, 0.25) is 0 Å². The Morgan fingerprint density at radius 2 is 1.44 bits per heavy atom. The van der Waals surface area contributed by atoms with Crippen molar-refractivity contribution in [2.45, 2.75) is 26.1 Å². The summed E-state index contributed by atoms with van der Waals surface area (Å²) in [5.74, 6) is -0.997. The summed E-state index contributed by atoms with van der Waals surface area (Å²) in [5, 5.41) is 8.96. The van der Waals surface area contributed by atoms with Crippen LogP contribution >= 0.6 is 0 Å². The SMILES string of the molecule is CC(CO)c1cc(OC(F)F)cc(OC(F)F)c1. The lowest BCUT2D eigenvalue weighted by atomic mass is 10.0. The van der Waals surface area contributed by atoms with Crippen LogP contribution in [0.4, 0.5) is 17.6 Å². The van der Waals surface area contributed by atoms with Crippen molar-refractivity contribution in [1.82, 2.24) is 0 Å². The molecule has 0 aliphatic rings. The molecular formula is C11H12F4O3. The summed E-state index contributed by atoms with van der Waals surface area (Å²) in [6.45, 7) is -4.78. The summed E-state index contributed by atoms with van der Waals surface area (Å²) in [5.41, 5.74) is 0.367. The molecule has 0 aromatic heterocycles. The zero-order valence-corrected chi connectivity index (χ0v) is 9.45. The van der Waals surface area contributed by atoms with Gasteiger partial charge in [-0.3, -0.25) is 0 Å². The molecule has 0 radical (unpaired) electrons. The summed E-state index contributed by atoms with van der Waals surface area (Å²) in [7, 11) is 0. The van der Waals surface area contributed by atoms with Gasteiger partial charge in [0.1, 0.15) is 11.5 Å². The van der Waals surface area contributed by atoms with Crippen LogP contribution in [0.3, 0.4) is 0 Å². The quantitative estimate of drug-likeness (QED) is 0.806.